The van der Waals surface area contributed by atoms with Crippen molar-refractivity contribution in [1.29, 1.82) is 0 Å². The Morgan fingerprint density at radius 3 is 3.15 bits per heavy atom. The second-order valence-corrected chi connectivity index (χ2v) is 5.31. The van der Waals surface area contributed by atoms with Crippen molar-refractivity contribution in [3.05, 3.63) is 36.4 Å². The number of hydrogen-bond acceptors (Lipinski definition) is 4. The summed E-state index contributed by atoms with van der Waals surface area (Å²) in [5.41, 5.74) is 2.20. The molecule has 0 unspecified atom stereocenters. The zero-order valence-electron chi connectivity index (χ0n) is 11.3. The van der Waals surface area contributed by atoms with Gasteiger partial charge in [-0.15, -0.1) is 0 Å². The normalized spacial score (nSPS) is 18.9. The Kier molecular flexibility index (Phi) is 2.60. The molecule has 1 N–H and O–H groups in total. The number of aromatic nitrogens is 3. The highest BCUT2D eigenvalue weighted by Crippen LogP contribution is 2.26. The molecule has 0 aliphatic carbocycles. The molecule has 0 amide bonds. The van der Waals surface area contributed by atoms with Gasteiger partial charge in [-0.2, -0.15) is 4.98 Å². The van der Waals surface area contributed by atoms with Crippen LogP contribution in [0.15, 0.2) is 35.0 Å². The zero-order chi connectivity index (χ0) is 13.5. The van der Waals surface area contributed by atoms with Gasteiger partial charge in [0.05, 0.1) is 6.04 Å². The van der Waals surface area contributed by atoms with Gasteiger partial charge in [-0.3, -0.25) is 0 Å². The number of nitrogens with one attached hydrogen (secondary N) is 1. The van der Waals surface area contributed by atoms with Gasteiger partial charge in [0, 0.05) is 29.7 Å². The first kappa shape index (κ1) is 11.7. The van der Waals surface area contributed by atoms with Crippen LogP contribution in [0.1, 0.15) is 24.8 Å². The van der Waals surface area contributed by atoms with E-state index in [2.05, 4.69) is 44.4 Å². The molecule has 3 heterocycles. The van der Waals surface area contributed by atoms with Crippen LogP contribution in [0.25, 0.3) is 22.3 Å². The molecule has 4 rings (SSSR count). The maximum atomic E-state index is 5.39. The molecule has 102 valence electrons. The van der Waals surface area contributed by atoms with E-state index < -0.39 is 0 Å². The molecule has 1 atom stereocenters. The highest BCUT2D eigenvalue weighted by molar-refractivity contribution is 5.84. The van der Waals surface area contributed by atoms with E-state index in [1.807, 2.05) is 13.1 Å². The highest BCUT2D eigenvalue weighted by atomic mass is 16.5. The van der Waals surface area contributed by atoms with E-state index in [0.717, 1.165) is 18.5 Å². The van der Waals surface area contributed by atoms with Gasteiger partial charge in [0.25, 0.3) is 0 Å². The molecule has 0 saturated carbocycles. The predicted molar refractivity (Wildman–Crippen MR) is 76.2 cm³/mol. The lowest BCUT2D eigenvalue weighted by atomic mass is 10.1. The Hall–Kier alpha value is -2.14. The van der Waals surface area contributed by atoms with Crippen molar-refractivity contribution >= 4 is 10.9 Å². The van der Waals surface area contributed by atoms with Gasteiger partial charge in [0.2, 0.25) is 11.7 Å². The monoisotopic (exact) mass is 268 g/mol. The summed E-state index contributed by atoms with van der Waals surface area (Å²) in [4.78, 5) is 4.53. The lowest BCUT2D eigenvalue weighted by Gasteiger charge is -2.01. The second kappa shape index (κ2) is 4.45. The number of aryl methyl sites for hydroxylation is 1. The zero-order valence-corrected chi connectivity index (χ0v) is 11.3. The average Bonchev–Trinajstić information content (AvgIpc) is 3.18. The molecule has 1 aromatic carbocycles. The van der Waals surface area contributed by atoms with Gasteiger partial charge in [-0.25, -0.2) is 0 Å². The van der Waals surface area contributed by atoms with Gasteiger partial charge in [0.1, 0.15) is 0 Å². The highest BCUT2D eigenvalue weighted by Gasteiger charge is 2.22. The molecular formula is C15H16N4O. The fraction of sp³-hybridized carbons (Fsp3) is 0.333. The van der Waals surface area contributed by atoms with Gasteiger partial charge in [-0.1, -0.05) is 5.16 Å². The van der Waals surface area contributed by atoms with Crippen LogP contribution in [0, 0.1) is 0 Å². The summed E-state index contributed by atoms with van der Waals surface area (Å²) in [6.45, 7) is 1.03. The average molecular weight is 268 g/mol. The minimum atomic E-state index is 0.219. The maximum absolute atomic E-state index is 5.39. The van der Waals surface area contributed by atoms with Crippen molar-refractivity contribution in [1.82, 2.24) is 20.0 Å². The van der Waals surface area contributed by atoms with E-state index in [-0.39, 0.29) is 6.04 Å². The van der Waals surface area contributed by atoms with E-state index in [4.69, 9.17) is 4.52 Å². The van der Waals surface area contributed by atoms with Crippen molar-refractivity contribution in [3.8, 4) is 11.4 Å². The van der Waals surface area contributed by atoms with Crippen LogP contribution in [0.5, 0.6) is 0 Å². The van der Waals surface area contributed by atoms with Crippen LogP contribution >= 0.6 is 0 Å². The fourth-order valence-corrected chi connectivity index (χ4v) is 2.81. The summed E-state index contributed by atoms with van der Waals surface area (Å²) < 4.78 is 7.49. The summed E-state index contributed by atoms with van der Waals surface area (Å²) in [7, 11) is 2.04. The van der Waals surface area contributed by atoms with Gasteiger partial charge in [0.15, 0.2) is 0 Å². The third-order valence-corrected chi connectivity index (χ3v) is 3.94. The third kappa shape index (κ3) is 1.82. The predicted octanol–water partition coefficient (Wildman–Crippen LogP) is 2.65. The minimum absolute atomic E-state index is 0.219. The molecule has 2 aromatic heterocycles. The molecule has 5 nitrogen and oxygen atoms in total. The SMILES string of the molecule is Cn1ccc2cc(-c3noc([C@@H]4CCCN4)n3)ccc21. The summed E-state index contributed by atoms with van der Waals surface area (Å²) in [6.07, 6.45) is 4.29. The van der Waals surface area contributed by atoms with E-state index in [1.54, 1.807) is 0 Å². The van der Waals surface area contributed by atoms with E-state index >= 15 is 0 Å². The van der Waals surface area contributed by atoms with Crippen LogP contribution in [-0.4, -0.2) is 21.3 Å². The van der Waals surface area contributed by atoms with Crippen molar-refractivity contribution in [2.24, 2.45) is 7.05 Å². The number of benzene rings is 1. The molecular weight excluding hydrogens is 252 g/mol. The number of fused-ring (bicyclic) bond motifs is 1. The van der Waals surface area contributed by atoms with Crippen molar-refractivity contribution < 1.29 is 4.52 Å². The number of hydrogen-bond donors (Lipinski definition) is 1. The second-order valence-electron chi connectivity index (χ2n) is 5.31. The first-order valence-electron chi connectivity index (χ1n) is 6.94. The molecule has 0 bridgehead atoms. The van der Waals surface area contributed by atoms with Gasteiger partial charge >= 0.3 is 0 Å². The summed E-state index contributed by atoms with van der Waals surface area (Å²) in [5.74, 6) is 1.37. The molecule has 0 radical (unpaired) electrons. The smallest absolute Gasteiger partial charge is 0.244 e. The standard InChI is InChI=1S/C15H16N4O/c1-19-8-6-10-9-11(4-5-13(10)19)14-17-15(20-18-14)12-3-2-7-16-12/h4-6,8-9,12,16H,2-3,7H2,1H3/t12-/m0/s1. The van der Waals surface area contributed by atoms with Crippen molar-refractivity contribution in [3.63, 3.8) is 0 Å². The summed E-state index contributed by atoms with van der Waals surface area (Å²) in [5, 5.41) is 8.67. The first-order valence-corrected chi connectivity index (χ1v) is 6.94. The van der Waals surface area contributed by atoms with Gasteiger partial charge in [-0.05, 0) is 43.7 Å². The first-order chi connectivity index (χ1) is 9.81. The minimum Gasteiger partial charge on any atom is -0.351 e. The van der Waals surface area contributed by atoms with Crippen LogP contribution in [0.2, 0.25) is 0 Å². The van der Waals surface area contributed by atoms with Crippen LogP contribution in [0.4, 0.5) is 0 Å². The van der Waals surface area contributed by atoms with E-state index in [0.29, 0.717) is 11.7 Å². The molecule has 20 heavy (non-hydrogen) atoms. The molecule has 1 aliphatic rings. The summed E-state index contributed by atoms with van der Waals surface area (Å²) >= 11 is 0. The Balaban J connectivity index is 1.71. The molecule has 1 saturated heterocycles. The van der Waals surface area contributed by atoms with Crippen molar-refractivity contribution in [2.45, 2.75) is 18.9 Å². The quantitative estimate of drug-likeness (QED) is 0.776. The molecule has 1 fully saturated rings. The third-order valence-electron chi connectivity index (χ3n) is 3.94. The Bertz CT molecular complexity index is 752. The topological polar surface area (TPSA) is 55.9 Å². The van der Waals surface area contributed by atoms with Crippen molar-refractivity contribution in [2.75, 3.05) is 6.54 Å². The summed E-state index contributed by atoms with van der Waals surface area (Å²) in [6, 6.07) is 8.55. The largest absolute Gasteiger partial charge is 0.351 e. The lowest BCUT2D eigenvalue weighted by molar-refractivity contribution is 0.345. The van der Waals surface area contributed by atoms with Crippen LogP contribution in [0.3, 0.4) is 0 Å². The lowest BCUT2D eigenvalue weighted by Crippen LogP contribution is -2.12. The fourth-order valence-electron chi connectivity index (χ4n) is 2.81. The van der Waals surface area contributed by atoms with Crippen LogP contribution < -0.4 is 5.32 Å². The van der Waals surface area contributed by atoms with E-state index in [1.165, 1.54) is 17.3 Å². The molecule has 5 heteroatoms. The van der Waals surface area contributed by atoms with Crippen LogP contribution in [-0.2, 0) is 7.05 Å². The van der Waals surface area contributed by atoms with Gasteiger partial charge < -0.3 is 14.4 Å². The number of nitrogens with zero attached hydrogens (tertiary/aromatic N) is 3. The Morgan fingerprint density at radius 2 is 2.30 bits per heavy atom. The maximum Gasteiger partial charge on any atom is 0.244 e. The Labute approximate surface area is 116 Å². The number of rotatable bonds is 2. The van der Waals surface area contributed by atoms with E-state index in [9.17, 15) is 0 Å². The molecule has 0 spiro atoms. The molecule has 3 aromatic rings. The molecule has 1 aliphatic heterocycles. The Morgan fingerprint density at radius 1 is 1.35 bits per heavy atom.